The van der Waals surface area contributed by atoms with Crippen LogP contribution in [-0.4, -0.2) is 43.5 Å². The first-order valence-electron chi connectivity index (χ1n) is 5.99. The van der Waals surface area contributed by atoms with Gasteiger partial charge in [0.15, 0.2) is 0 Å². The third kappa shape index (κ3) is 2.58. The summed E-state index contributed by atoms with van der Waals surface area (Å²) in [6, 6.07) is 0. The molecule has 0 bridgehead atoms. The van der Waals surface area contributed by atoms with Crippen LogP contribution in [0.2, 0.25) is 0 Å². The first-order valence-corrected chi connectivity index (χ1v) is 5.99. The first kappa shape index (κ1) is 11.1. The zero-order valence-corrected chi connectivity index (χ0v) is 9.74. The number of hydrogen-bond acceptors (Lipinski definition) is 3. The van der Waals surface area contributed by atoms with Gasteiger partial charge in [-0.1, -0.05) is 13.8 Å². The molecule has 3 unspecified atom stereocenters. The summed E-state index contributed by atoms with van der Waals surface area (Å²) in [5.74, 6) is 2.07. The average molecular weight is 211 g/mol. The van der Waals surface area contributed by atoms with Crippen LogP contribution in [0.5, 0.6) is 0 Å². The Balaban J connectivity index is 1.84. The summed E-state index contributed by atoms with van der Waals surface area (Å²) in [6.45, 7) is 9.05. The molecule has 0 spiro atoms. The fourth-order valence-electron chi connectivity index (χ4n) is 2.56. The molecule has 0 saturated carbocycles. The van der Waals surface area contributed by atoms with Gasteiger partial charge in [0.1, 0.15) is 5.78 Å². The Morgan fingerprint density at radius 1 is 1.33 bits per heavy atom. The van der Waals surface area contributed by atoms with Crippen molar-refractivity contribution in [3.05, 3.63) is 0 Å². The van der Waals surface area contributed by atoms with Crippen molar-refractivity contribution in [1.82, 2.24) is 4.90 Å². The molecule has 3 heteroatoms. The number of hydrogen-bond donors (Lipinski definition) is 0. The van der Waals surface area contributed by atoms with Crippen molar-refractivity contribution in [1.29, 1.82) is 0 Å². The Labute approximate surface area is 91.8 Å². The van der Waals surface area contributed by atoms with Crippen LogP contribution >= 0.6 is 0 Å². The largest absolute Gasteiger partial charge is 0.380 e. The maximum atomic E-state index is 11.6. The molecule has 2 aliphatic heterocycles. The second kappa shape index (κ2) is 4.62. The van der Waals surface area contributed by atoms with E-state index >= 15 is 0 Å². The summed E-state index contributed by atoms with van der Waals surface area (Å²) in [7, 11) is 0. The Bertz CT molecular complexity index is 232. The molecule has 0 N–H and O–H groups in total. The van der Waals surface area contributed by atoms with Crippen molar-refractivity contribution in [2.45, 2.75) is 20.3 Å². The molecule has 0 aromatic carbocycles. The second-order valence-electron chi connectivity index (χ2n) is 5.16. The number of rotatable bonds is 2. The number of likely N-dealkylation sites (tertiary alicyclic amines) is 1. The highest BCUT2D eigenvalue weighted by Crippen LogP contribution is 2.23. The van der Waals surface area contributed by atoms with Gasteiger partial charge in [-0.15, -0.1) is 0 Å². The molecule has 3 atom stereocenters. The summed E-state index contributed by atoms with van der Waals surface area (Å²) in [5.41, 5.74) is 0. The Hall–Kier alpha value is -0.410. The van der Waals surface area contributed by atoms with Crippen LogP contribution in [0.1, 0.15) is 20.3 Å². The van der Waals surface area contributed by atoms with E-state index < -0.39 is 0 Å². The van der Waals surface area contributed by atoms with Crippen molar-refractivity contribution < 1.29 is 9.53 Å². The predicted molar refractivity (Wildman–Crippen MR) is 58.7 cm³/mol. The zero-order valence-electron chi connectivity index (χ0n) is 9.74. The Morgan fingerprint density at radius 2 is 2.00 bits per heavy atom. The molecular formula is C12H21NO2. The molecule has 0 amide bonds. The normalized spacial score (nSPS) is 38.5. The summed E-state index contributed by atoms with van der Waals surface area (Å²) < 4.78 is 5.37. The van der Waals surface area contributed by atoms with E-state index in [0.717, 1.165) is 31.5 Å². The van der Waals surface area contributed by atoms with Crippen molar-refractivity contribution in [2.75, 3.05) is 32.8 Å². The standard InChI is InChI=1S/C12H21NO2/c1-9-5-13(6-10(9)2)7-11-8-15-4-3-12(11)14/h9-11H,3-8H2,1-2H3. The van der Waals surface area contributed by atoms with Crippen LogP contribution in [0.15, 0.2) is 0 Å². The molecule has 0 aromatic heterocycles. The van der Waals surface area contributed by atoms with E-state index in [0.29, 0.717) is 25.4 Å². The zero-order chi connectivity index (χ0) is 10.8. The van der Waals surface area contributed by atoms with E-state index in [-0.39, 0.29) is 5.92 Å². The summed E-state index contributed by atoms with van der Waals surface area (Å²) in [4.78, 5) is 14.1. The van der Waals surface area contributed by atoms with Gasteiger partial charge in [-0.2, -0.15) is 0 Å². The van der Waals surface area contributed by atoms with E-state index in [9.17, 15) is 4.79 Å². The van der Waals surface area contributed by atoms with Crippen molar-refractivity contribution in [3.63, 3.8) is 0 Å². The van der Waals surface area contributed by atoms with E-state index in [1.54, 1.807) is 0 Å². The van der Waals surface area contributed by atoms with Gasteiger partial charge in [-0.3, -0.25) is 4.79 Å². The highest BCUT2D eigenvalue weighted by Gasteiger charge is 2.30. The lowest BCUT2D eigenvalue weighted by Gasteiger charge is -2.25. The monoisotopic (exact) mass is 211 g/mol. The van der Waals surface area contributed by atoms with E-state index in [2.05, 4.69) is 18.7 Å². The Kier molecular flexibility index (Phi) is 3.42. The summed E-state index contributed by atoms with van der Waals surface area (Å²) in [6.07, 6.45) is 0.615. The van der Waals surface area contributed by atoms with Crippen LogP contribution in [-0.2, 0) is 9.53 Å². The van der Waals surface area contributed by atoms with E-state index in [4.69, 9.17) is 4.74 Å². The molecule has 2 rings (SSSR count). The molecule has 15 heavy (non-hydrogen) atoms. The minimum Gasteiger partial charge on any atom is -0.380 e. The third-order valence-electron chi connectivity index (χ3n) is 3.81. The second-order valence-corrected chi connectivity index (χ2v) is 5.16. The van der Waals surface area contributed by atoms with Gasteiger partial charge < -0.3 is 9.64 Å². The smallest absolute Gasteiger partial charge is 0.141 e. The number of Topliss-reactive ketones (excluding diaryl/α,β-unsaturated/α-hetero) is 1. The summed E-state index contributed by atoms with van der Waals surface area (Å²) >= 11 is 0. The minimum atomic E-state index is 0.135. The molecule has 2 saturated heterocycles. The lowest BCUT2D eigenvalue weighted by molar-refractivity contribution is -0.131. The minimum absolute atomic E-state index is 0.135. The number of ether oxygens (including phenoxy) is 1. The number of carbonyl (C=O) groups excluding carboxylic acids is 1. The van der Waals surface area contributed by atoms with E-state index in [1.807, 2.05) is 0 Å². The average Bonchev–Trinajstić information content (AvgIpc) is 2.50. The highest BCUT2D eigenvalue weighted by molar-refractivity contribution is 5.82. The Morgan fingerprint density at radius 3 is 2.60 bits per heavy atom. The SMILES string of the molecule is CC1CN(CC2COCCC2=O)CC1C. The maximum absolute atomic E-state index is 11.6. The van der Waals surface area contributed by atoms with Crippen LogP contribution in [0.4, 0.5) is 0 Å². The van der Waals surface area contributed by atoms with Crippen molar-refractivity contribution in [2.24, 2.45) is 17.8 Å². The first-order chi connectivity index (χ1) is 7.16. The van der Waals surface area contributed by atoms with Crippen LogP contribution < -0.4 is 0 Å². The maximum Gasteiger partial charge on any atom is 0.141 e. The third-order valence-corrected chi connectivity index (χ3v) is 3.81. The number of carbonyl (C=O) groups is 1. The fourth-order valence-corrected chi connectivity index (χ4v) is 2.56. The lowest BCUT2D eigenvalue weighted by atomic mass is 10.0. The number of nitrogens with zero attached hydrogens (tertiary/aromatic N) is 1. The molecule has 2 fully saturated rings. The molecule has 3 nitrogen and oxygen atoms in total. The van der Waals surface area contributed by atoms with Crippen LogP contribution in [0.3, 0.4) is 0 Å². The van der Waals surface area contributed by atoms with Gasteiger partial charge in [0.05, 0.1) is 19.1 Å². The van der Waals surface area contributed by atoms with Gasteiger partial charge in [0.2, 0.25) is 0 Å². The van der Waals surface area contributed by atoms with Gasteiger partial charge in [0.25, 0.3) is 0 Å². The molecule has 2 heterocycles. The van der Waals surface area contributed by atoms with Gasteiger partial charge >= 0.3 is 0 Å². The van der Waals surface area contributed by atoms with Gasteiger partial charge in [0, 0.05) is 26.1 Å². The van der Waals surface area contributed by atoms with Gasteiger partial charge in [-0.05, 0) is 11.8 Å². The predicted octanol–water partition coefficient (Wildman–Crippen LogP) is 1.18. The number of ketones is 1. The van der Waals surface area contributed by atoms with Crippen LogP contribution in [0, 0.1) is 17.8 Å². The lowest BCUT2D eigenvalue weighted by Crippen LogP contribution is -2.37. The molecule has 0 radical (unpaired) electrons. The molecule has 0 aliphatic carbocycles. The van der Waals surface area contributed by atoms with Crippen molar-refractivity contribution >= 4 is 5.78 Å². The quantitative estimate of drug-likeness (QED) is 0.687. The molecule has 0 aromatic rings. The van der Waals surface area contributed by atoms with Crippen LogP contribution in [0.25, 0.3) is 0 Å². The highest BCUT2D eigenvalue weighted by atomic mass is 16.5. The summed E-state index contributed by atoms with van der Waals surface area (Å²) in [5, 5.41) is 0. The molecule has 86 valence electrons. The van der Waals surface area contributed by atoms with E-state index in [1.165, 1.54) is 0 Å². The van der Waals surface area contributed by atoms with Gasteiger partial charge in [-0.25, -0.2) is 0 Å². The fraction of sp³-hybridized carbons (Fsp3) is 0.917. The molecular weight excluding hydrogens is 190 g/mol. The topological polar surface area (TPSA) is 29.5 Å². The van der Waals surface area contributed by atoms with Crippen molar-refractivity contribution in [3.8, 4) is 0 Å². The molecule has 2 aliphatic rings.